The largest absolute Gasteiger partial charge is 0.329 e. The lowest BCUT2D eigenvalue weighted by molar-refractivity contribution is 0.240. The van der Waals surface area contributed by atoms with Gasteiger partial charge in [0, 0.05) is 34.6 Å². The third-order valence-corrected chi connectivity index (χ3v) is 5.89. The summed E-state index contributed by atoms with van der Waals surface area (Å²) in [5.41, 5.74) is 7.29. The van der Waals surface area contributed by atoms with Gasteiger partial charge >= 0.3 is 0 Å². The Hall–Kier alpha value is 0.1000. The molecule has 0 spiro atoms. The summed E-state index contributed by atoms with van der Waals surface area (Å²) in [7, 11) is 0. The molecule has 100 valence electrons. The maximum absolute atomic E-state index is 5.99. The summed E-state index contributed by atoms with van der Waals surface area (Å²) >= 11 is 7.08. The Morgan fingerprint density at radius 3 is 2.33 bits per heavy atom. The average Bonchev–Trinajstić information content (AvgIpc) is 2.65. The number of nitrogens with zero attached hydrogens (tertiary/aromatic N) is 1. The van der Waals surface area contributed by atoms with Gasteiger partial charge in [-0.3, -0.25) is 4.90 Å². The van der Waals surface area contributed by atoms with Crippen molar-refractivity contribution in [3.63, 3.8) is 0 Å². The van der Waals surface area contributed by atoms with E-state index in [0.717, 1.165) is 33.9 Å². The summed E-state index contributed by atoms with van der Waals surface area (Å²) in [6.45, 7) is 7.63. The number of rotatable bonds is 3. The number of halogens is 2. The standard InChI is InChI=1S/C14H20Br2N2/c1-9-7-18(8-10(9)2)14(6-17)11-3-4-12(15)13(16)5-11/h3-5,9-10,14H,6-8,17H2,1-2H3. The molecule has 1 aromatic carbocycles. The minimum atomic E-state index is 0.335. The number of benzene rings is 1. The predicted octanol–water partition coefficient (Wildman–Crippen LogP) is 3.80. The molecule has 3 atom stereocenters. The number of hydrogen-bond acceptors (Lipinski definition) is 2. The highest BCUT2D eigenvalue weighted by atomic mass is 79.9. The van der Waals surface area contributed by atoms with Crippen molar-refractivity contribution in [1.29, 1.82) is 0 Å². The van der Waals surface area contributed by atoms with Crippen LogP contribution >= 0.6 is 31.9 Å². The fourth-order valence-corrected chi connectivity index (χ4v) is 3.29. The van der Waals surface area contributed by atoms with E-state index in [1.807, 2.05) is 0 Å². The lowest BCUT2D eigenvalue weighted by Gasteiger charge is -2.27. The van der Waals surface area contributed by atoms with Crippen LogP contribution in [0.4, 0.5) is 0 Å². The molecule has 1 saturated heterocycles. The van der Waals surface area contributed by atoms with E-state index in [1.54, 1.807) is 0 Å². The number of nitrogens with two attached hydrogens (primary N) is 1. The summed E-state index contributed by atoms with van der Waals surface area (Å²) in [4.78, 5) is 2.52. The summed E-state index contributed by atoms with van der Waals surface area (Å²) < 4.78 is 2.18. The third-order valence-electron chi connectivity index (χ3n) is 4.01. The summed E-state index contributed by atoms with van der Waals surface area (Å²) in [5, 5.41) is 0. The average molecular weight is 376 g/mol. The second-order valence-electron chi connectivity index (χ2n) is 5.33. The van der Waals surface area contributed by atoms with E-state index in [0.29, 0.717) is 12.6 Å². The Kier molecular flexibility index (Phi) is 4.86. The zero-order valence-corrected chi connectivity index (χ0v) is 14.0. The van der Waals surface area contributed by atoms with Gasteiger partial charge in [-0.2, -0.15) is 0 Å². The van der Waals surface area contributed by atoms with Gasteiger partial charge in [-0.25, -0.2) is 0 Å². The molecule has 1 aromatic rings. The van der Waals surface area contributed by atoms with Gasteiger partial charge < -0.3 is 5.73 Å². The van der Waals surface area contributed by atoms with Gasteiger partial charge in [-0.15, -0.1) is 0 Å². The molecule has 18 heavy (non-hydrogen) atoms. The van der Waals surface area contributed by atoms with E-state index in [9.17, 15) is 0 Å². The smallest absolute Gasteiger partial charge is 0.0471 e. The first-order valence-corrected chi connectivity index (χ1v) is 8.00. The van der Waals surface area contributed by atoms with Crippen molar-refractivity contribution in [2.75, 3.05) is 19.6 Å². The molecule has 2 rings (SSSR count). The van der Waals surface area contributed by atoms with E-state index in [1.165, 1.54) is 5.56 Å². The normalized spacial score (nSPS) is 26.5. The fraction of sp³-hybridized carbons (Fsp3) is 0.571. The lowest BCUT2D eigenvalue weighted by atomic mass is 10.0. The van der Waals surface area contributed by atoms with Gasteiger partial charge in [-0.1, -0.05) is 19.9 Å². The van der Waals surface area contributed by atoms with Crippen molar-refractivity contribution in [1.82, 2.24) is 4.90 Å². The third kappa shape index (κ3) is 2.98. The van der Waals surface area contributed by atoms with Crippen LogP contribution in [0.2, 0.25) is 0 Å². The highest BCUT2D eigenvalue weighted by molar-refractivity contribution is 9.13. The van der Waals surface area contributed by atoms with Gasteiger partial charge in [0.1, 0.15) is 0 Å². The number of hydrogen-bond donors (Lipinski definition) is 1. The molecule has 0 radical (unpaired) electrons. The molecule has 1 aliphatic rings. The summed E-state index contributed by atoms with van der Waals surface area (Å²) in [6.07, 6.45) is 0. The van der Waals surface area contributed by atoms with Crippen LogP contribution in [0.3, 0.4) is 0 Å². The Morgan fingerprint density at radius 1 is 1.22 bits per heavy atom. The molecular formula is C14H20Br2N2. The number of likely N-dealkylation sites (tertiary alicyclic amines) is 1. The van der Waals surface area contributed by atoms with Crippen molar-refractivity contribution in [3.8, 4) is 0 Å². The van der Waals surface area contributed by atoms with Crippen molar-refractivity contribution < 1.29 is 0 Å². The molecule has 0 bridgehead atoms. The minimum absolute atomic E-state index is 0.335. The maximum atomic E-state index is 5.99. The monoisotopic (exact) mass is 374 g/mol. The minimum Gasteiger partial charge on any atom is -0.329 e. The lowest BCUT2D eigenvalue weighted by Crippen LogP contribution is -2.32. The van der Waals surface area contributed by atoms with Crippen LogP contribution < -0.4 is 5.73 Å². The molecule has 0 aliphatic carbocycles. The van der Waals surface area contributed by atoms with Gasteiger partial charge in [0.15, 0.2) is 0 Å². The fourth-order valence-electron chi connectivity index (χ4n) is 2.64. The van der Waals surface area contributed by atoms with Crippen LogP contribution in [-0.4, -0.2) is 24.5 Å². The van der Waals surface area contributed by atoms with E-state index in [-0.39, 0.29) is 0 Å². The molecule has 4 heteroatoms. The molecule has 2 N–H and O–H groups in total. The molecule has 1 aliphatic heterocycles. The molecule has 3 unspecified atom stereocenters. The van der Waals surface area contributed by atoms with Gasteiger partial charge in [-0.05, 0) is 61.4 Å². The molecule has 0 amide bonds. The van der Waals surface area contributed by atoms with Crippen molar-refractivity contribution in [2.45, 2.75) is 19.9 Å². The highest BCUT2D eigenvalue weighted by Crippen LogP contribution is 2.33. The first-order chi connectivity index (χ1) is 8.52. The molecular weight excluding hydrogens is 356 g/mol. The topological polar surface area (TPSA) is 29.3 Å². The Labute approximate surface area is 126 Å². The van der Waals surface area contributed by atoms with Gasteiger partial charge in [0.05, 0.1) is 0 Å². The zero-order chi connectivity index (χ0) is 13.3. The molecule has 0 aromatic heterocycles. The van der Waals surface area contributed by atoms with Crippen molar-refractivity contribution in [3.05, 3.63) is 32.7 Å². The molecule has 1 fully saturated rings. The quantitative estimate of drug-likeness (QED) is 0.870. The van der Waals surface area contributed by atoms with E-state index >= 15 is 0 Å². The molecule has 0 saturated carbocycles. The molecule has 1 heterocycles. The van der Waals surface area contributed by atoms with Gasteiger partial charge in [0.25, 0.3) is 0 Å². The van der Waals surface area contributed by atoms with Crippen molar-refractivity contribution in [2.24, 2.45) is 17.6 Å². The first kappa shape index (κ1) is 14.5. The summed E-state index contributed by atoms with van der Waals surface area (Å²) in [5.74, 6) is 1.52. The second-order valence-corrected chi connectivity index (χ2v) is 7.04. The van der Waals surface area contributed by atoms with E-state index < -0.39 is 0 Å². The predicted molar refractivity (Wildman–Crippen MR) is 83.5 cm³/mol. The van der Waals surface area contributed by atoms with Crippen LogP contribution in [0.25, 0.3) is 0 Å². The highest BCUT2D eigenvalue weighted by Gasteiger charge is 2.31. The van der Waals surface area contributed by atoms with Crippen LogP contribution in [0.1, 0.15) is 25.5 Å². The van der Waals surface area contributed by atoms with Crippen LogP contribution in [0.5, 0.6) is 0 Å². The van der Waals surface area contributed by atoms with Crippen LogP contribution in [0, 0.1) is 11.8 Å². The van der Waals surface area contributed by atoms with Gasteiger partial charge in [0.2, 0.25) is 0 Å². The Bertz CT molecular complexity index is 412. The summed E-state index contributed by atoms with van der Waals surface area (Å²) in [6, 6.07) is 6.77. The van der Waals surface area contributed by atoms with Crippen LogP contribution in [-0.2, 0) is 0 Å². The van der Waals surface area contributed by atoms with E-state index in [2.05, 4.69) is 68.8 Å². The zero-order valence-electron chi connectivity index (χ0n) is 10.9. The Balaban J connectivity index is 2.20. The van der Waals surface area contributed by atoms with E-state index in [4.69, 9.17) is 5.73 Å². The Morgan fingerprint density at radius 2 is 1.83 bits per heavy atom. The SMILES string of the molecule is CC1CN(C(CN)c2ccc(Br)c(Br)c2)CC1C. The molecule has 2 nitrogen and oxygen atoms in total. The van der Waals surface area contributed by atoms with Crippen LogP contribution in [0.15, 0.2) is 27.1 Å². The maximum Gasteiger partial charge on any atom is 0.0471 e. The van der Waals surface area contributed by atoms with Crippen molar-refractivity contribution >= 4 is 31.9 Å². The first-order valence-electron chi connectivity index (χ1n) is 6.42. The second kappa shape index (κ2) is 6.04.